The van der Waals surface area contributed by atoms with Crippen LogP contribution < -0.4 is 21.2 Å². The molecule has 0 aliphatic carbocycles. The second kappa shape index (κ2) is 3.22. The zero-order valence-corrected chi connectivity index (χ0v) is 24.7. The summed E-state index contributed by atoms with van der Waals surface area (Å²) in [6.07, 6.45) is 1.42. The van der Waals surface area contributed by atoms with Gasteiger partial charge in [-0.3, -0.25) is 0 Å². The van der Waals surface area contributed by atoms with Crippen LogP contribution in [0.3, 0.4) is 0 Å². The van der Waals surface area contributed by atoms with E-state index in [1.165, 1.54) is 49.5 Å². The molecule has 10 aliphatic rings. The second-order valence-electron chi connectivity index (χ2n) is 16.6. The Labute approximate surface area is 223 Å². The number of hydrogen-bond donors (Lipinski definition) is 0. The monoisotopic (exact) mass is 582 g/mol. The fourth-order valence-electron chi connectivity index (χ4n) is 21.1. The molecule has 5 unspecified atom stereocenters. The molecule has 0 nitrogen and oxygen atoms in total. The molecule has 10 fully saturated rings. The van der Waals surface area contributed by atoms with Gasteiger partial charge in [0, 0.05) is 0 Å². The van der Waals surface area contributed by atoms with Gasteiger partial charge in [-0.15, -0.1) is 0 Å². The summed E-state index contributed by atoms with van der Waals surface area (Å²) < 4.78 is 0.876. The van der Waals surface area contributed by atoms with Gasteiger partial charge in [0.25, 0.3) is 0 Å². The van der Waals surface area contributed by atoms with Crippen LogP contribution in [0.5, 0.6) is 0 Å². The van der Waals surface area contributed by atoms with E-state index in [2.05, 4.69) is 121 Å². The van der Waals surface area contributed by atoms with E-state index >= 15 is 0 Å². The Morgan fingerprint density at radius 2 is 0.846 bits per heavy atom. The number of benzene rings is 4. The molecule has 39 heavy (non-hydrogen) atoms. The van der Waals surface area contributed by atoms with E-state index in [0.717, 1.165) is 9.97 Å². The van der Waals surface area contributed by atoms with Crippen LogP contribution in [0.4, 0.5) is 0 Å². The molecular weight excluding hydrogens is 550 g/mol. The van der Waals surface area contributed by atoms with Crippen molar-refractivity contribution in [1.29, 1.82) is 0 Å². The SMILES string of the molecule is c1ccc(P(CC(P(c2ccccc2)c2ccccc2)[C]23[CH]4[CH]5[CH]6[CH]2[Fe]56432789[CH]3[CH]2[CH]7[CH]8[CH]39)c2ccccc2)cc1. The molecule has 0 aromatic heterocycles. The van der Waals surface area contributed by atoms with Crippen molar-refractivity contribution in [3.63, 3.8) is 0 Å². The Morgan fingerprint density at radius 1 is 0.487 bits per heavy atom. The van der Waals surface area contributed by atoms with Crippen molar-refractivity contribution in [2.75, 3.05) is 6.16 Å². The number of fused-ring (bicyclic) bond motifs is 10. The number of hydrogen-bond acceptors (Lipinski definition) is 0. The van der Waals surface area contributed by atoms with Crippen LogP contribution in [0.2, 0.25) is 47.7 Å². The first-order valence-electron chi connectivity index (χ1n) is 15.1. The van der Waals surface area contributed by atoms with Gasteiger partial charge in [-0.25, -0.2) is 0 Å². The van der Waals surface area contributed by atoms with E-state index in [1.54, 1.807) is 21.2 Å². The Kier molecular flexibility index (Phi) is 1.60. The second-order valence-corrected chi connectivity index (χ2v) is 44.8. The third-order valence-electron chi connectivity index (χ3n) is 20.2. The fraction of sp³-hybridized carbons (Fsp3) is 0.333. The third kappa shape index (κ3) is 0.570. The maximum atomic E-state index is 2.52. The molecule has 4 aromatic carbocycles. The predicted octanol–water partition coefficient (Wildman–Crippen LogP) is 8.38. The normalized spacial score (nSPS) is 59.4. The van der Waals surface area contributed by atoms with Crippen molar-refractivity contribution < 1.29 is 6.51 Å². The summed E-state index contributed by atoms with van der Waals surface area (Å²) in [6.45, 7) is -3.38. The Bertz CT molecular complexity index is 1980. The minimum atomic E-state index is -3.38. The van der Waals surface area contributed by atoms with Gasteiger partial charge in [0.2, 0.25) is 0 Å². The fourth-order valence-corrected chi connectivity index (χ4v) is 105. The van der Waals surface area contributed by atoms with Crippen LogP contribution in [-0.4, -0.2) is 11.8 Å². The third-order valence-corrected chi connectivity index (χ3v) is 68.9. The van der Waals surface area contributed by atoms with Gasteiger partial charge in [-0.2, -0.15) is 0 Å². The molecule has 10 aliphatic heterocycles. The van der Waals surface area contributed by atoms with Crippen LogP contribution in [0.15, 0.2) is 121 Å². The van der Waals surface area contributed by atoms with Crippen molar-refractivity contribution >= 4 is 37.1 Å². The molecule has 3 heteroatoms. The Morgan fingerprint density at radius 3 is 1.15 bits per heavy atom. The molecule has 194 valence electrons. The topological polar surface area (TPSA) is 0 Å². The van der Waals surface area contributed by atoms with E-state index in [1.807, 2.05) is 0 Å². The van der Waals surface area contributed by atoms with Crippen molar-refractivity contribution in [2.45, 2.75) is 53.3 Å². The molecule has 0 amide bonds. The van der Waals surface area contributed by atoms with Gasteiger partial charge in [0.05, 0.1) is 0 Å². The number of rotatable bonds is 8. The van der Waals surface area contributed by atoms with Crippen molar-refractivity contribution in [1.82, 2.24) is 0 Å². The van der Waals surface area contributed by atoms with E-state index in [9.17, 15) is 0 Å². The molecule has 4 aromatic rings. The van der Waals surface area contributed by atoms with Gasteiger partial charge < -0.3 is 0 Å². The summed E-state index contributed by atoms with van der Waals surface area (Å²) >= 11 is 0. The average Bonchev–Trinajstić information content (AvgIpc) is 3.95. The molecule has 1 spiro atoms. The van der Waals surface area contributed by atoms with E-state index in [-0.39, 0.29) is 15.8 Å². The van der Waals surface area contributed by atoms with Crippen molar-refractivity contribution in [3.8, 4) is 0 Å². The quantitative estimate of drug-likeness (QED) is 0.145. The maximum absolute atomic E-state index is 3.38. The summed E-state index contributed by atoms with van der Waals surface area (Å²) in [5, 5.41) is 6.53. The van der Waals surface area contributed by atoms with E-state index in [0.29, 0.717) is 0 Å². The first-order chi connectivity index (χ1) is 19.1. The van der Waals surface area contributed by atoms with Crippen LogP contribution in [-0.2, 0) is 6.51 Å². The molecule has 0 radical (unpaired) electrons. The summed E-state index contributed by atoms with van der Waals surface area (Å²) in [5.41, 5.74) is 0.887. The Hall–Kier alpha value is -1.74. The molecule has 10 heterocycles. The summed E-state index contributed by atoms with van der Waals surface area (Å²) in [4.78, 5) is 12.3. The zero-order chi connectivity index (χ0) is 24.9. The van der Waals surface area contributed by atoms with Gasteiger partial charge in [0.1, 0.15) is 0 Å². The van der Waals surface area contributed by atoms with Crippen molar-refractivity contribution in [2.24, 2.45) is 0 Å². The van der Waals surface area contributed by atoms with Crippen LogP contribution in [0.1, 0.15) is 0 Å². The Balaban J connectivity index is 1.05. The summed E-state index contributed by atoms with van der Waals surface area (Å²) in [5.74, 6) is 0. The van der Waals surface area contributed by atoms with Gasteiger partial charge in [-0.05, 0) is 0 Å². The molecule has 14 rings (SSSR count). The van der Waals surface area contributed by atoms with Crippen LogP contribution in [0, 0.1) is 0 Å². The van der Waals surface area contributed by atoms with Crippen molar-refractivity contribution in [3.05, 3.63) is 121 Å². The minimum absolute atomic E-state index is 0.381. The van der Waals surface area contributed by atoms with Gasteiger partial charge >= 0.3 is 224 Å². The molecule has 5 atom stereocenters. The van der Waals surface area contributed by atoms with Gasteiger partial charge in [-0.1, -0.05) is 0 Å². The summed E-state index contributed by atoms with van der Waals surface area (Å²) in [6, 6.07) is 47.3. The predicted molar refractivity (Wildman–Crippen MR) is 163 cm³/mol. The van der Waals surface area contributed by atoms with Gasteiger partial charge in [0.15, 0.2) is 0 Å². The van der Waals surface area contributed by atoms with E-state index in [4.69, 9.17) is 0 Å². The molecule has 0 N–H and O–H groups in total. The first-order valence-corrected chi connectivity index (χ1v) is 24.3. The zero-order valence-electron chi connectivity index (χ0n) is 21.8. The molecule has 0 saturated carbocycles. The molecular formula is C36H32FeP2. The standard InChI is InChI=1S/C31H27P2.C5H5.Fe/c1-5-17-27(18-6-1)32(28-19-7-2-8-20-28)25-31(26-15-13-14-16-26)33(29-21-9-3-10-22-29)30-23-11-4-12-24-30;1-2-4-5-3-1;/h1-24,31H,25H2;1-5H;. The van der Waals surface area contributed by atoms with E-state index < -0.39 is 6.51 Å². The van der Waals surface area contributed by atoms with Crippen LogP contribution >= 0.6 is 15.8 Å². The molecule has 10 saturated heterocycles. The average molecular weight is 582 g/mol. The molecule has 0 bridgehead atoms. The summed E-state index contributed by atoms with van der Waals surface area (Å²) in [7, 11) is -0.763. The first kappa shape index (κ1) is 19.4. The van der Waals surface area contributed by atoms with Crippen LogP contribution in [0.25, 0.3) is 0 Å².